The number of methoxy groups -OCH3 is 3. The quantitative estimate of drug-likeness (QED) is 0.663. The highest BCUT2D eigenvalue weighted by Crippen LogP contribution is 2.40. The molecule has 0 saturated carbocycles. The van der Waals surface area contributed by atoms with Crippen LogP contribution in [0, 0.1) is 0 Å². The van der Waals surface area contributed by atoms with Crippen molar-refractivity contribution in [1.82, 2.24) is 0 Å². The van der Waals surface area contributed by atoms with Crippen LogP contribution in [0.5, 0.6) is 28.7 Å². The Kier molecular flexibility index (Phi) is 5.13. The van der Waals surface area contributed by atoms with Crippen LogP contribution >= 0.6 is 0 Å². The van der Waals surface area contributed by atoms with Gasteiger partial charge in [-0.25, -0.2) is 4.99 Å². The molecule has 7 heteroatoms. The minimum Gasteiger partial charge on any atom is -1.00 e. The second-order valence-corrected chi connectivity index (χ2v) is 5.83. The van der Waals surface area contributed by atoms with Gasteiger partial charge in [-0.1, -0.05) is 0 Å². The highest BCUT2D eigenvalue weighted by atomic mass is 35.5. The van der Waals surface area contributed by atoms with E-state index in [1.165, 1.54) is 5.56 Å². The molecule has 2 heterocycles. The van der Waals surface area contributed by atoms with Gasteiger partial charge in [0, 0.05) is 6.42 Å². The van der Waals surface area contributed by atoms with Crippen molar-refractivity contribution in [3.05, 3.63) is 41.0 Å². The molecule has 138 valence electrons. The zero-order valence-electron chi connectivity index (χ0n) is 14.8. The van der Waals surface area contributed by atoms with E-state index in [2.05, 4.69) is 11.1 Å². The van der Waals surface area contributed by atoms with Gasteiger partial charge in [0.15, 0.2) is 23.0 Å². The smallest absolute Gasteiger partial charge is 0.231 e. The van der Waals surface area contributed by atoms with Gasteiger partial charge >= 0.3 is 0 Å². The lowest BCUT2D eigenvalue weighted by molar-refractivity contribution is -0.457. The van der Waals surface area contributed by atoms with Crippen LogP contribution in [0.1, 0.15) is 16.7 Å². The van der Waals surface area contributed by atoms with Crippen molar-refractivity contribution < 1.29 is 41.1 Å². The normalized spacial score (nSPS) is 14.0. The molecule has 26 heavy (non-hydrogen) atoms. The predicted octanol–water partition coefficient (Wildman–Crippen LogP) is -2.08. The molecule has 0 aromatic heterocycles. The van der Waals surface area contributed by atoms with E-state index in [0.717, 1.165) is 41.3 Å². The number of rotatable bonds is 4. The summed E-state index contributed by atoms with van der Waals surface area (Å²) in [5.74, 6) is 3.41. The number of nitrogens with one attached hydrogen (secondary N) is 1. The molecule has 0 spiro atoms. The Hall–Kier alpha value is -2.60. The molecule has 0 bridgehead atoms. The van der Waals surface area contributed by atoms with Gasteiger partial charge in [0.2, 0.25) is 18.3 Å². The van der Waals surface area contributed by atoms with Gasteiger partial charge in [0.25, 0.3) is 0 Å². The Labute approximate surface area is 158 Å². The molecule has 0 atom stereocenters. The summed E-state index contributed by atoms with van der Waals surface area (Å²) in [6.07, 6.45) is 0.930. The summed E-state index contributed by atoms with van der Waals surface area (Å²) < 4.78 is 27.4. The van der Waals surface area contributed by atoms with E-state index in [1.807, 2.05) is 18.2 Å². The Morgan fingerprint density at radius 2 is 1.54 bits per heavy atom. The summed E-state index contributed by atoms with van der Waals surface area (Å²) in [6.45, 7) is 1.11. The highest BCUT2D eigenvalue weighted by molar-refractivity contribution is 6.11. The van der Waals surface area contributed by atoms with Crippen molar-refractivity contribution >= 4 is 5.71 Å². The van der Waals surface area contributed by atoms with Gasteiger partial charge in [-0.2, -0.15) is 0 Å². The molecule has 0 radical (unpaired) electrons. The van der Waals surface area contributed by atoms with Crippen molar-refractivity contribution in [3.63, 3.8) is 0 Å². The van der Waals surface area contributed by atoms with E-state index < -0.39 is 0 Å². The van der Waals surface area contributed by atoms with Crippen molar-refractivity contribution in [1.29, 1.82) is 0 Å². The van der Waals surface area contributed by atoms with Crippen molar-refractivity contribution in [2.75, 3.05) is 34.7 Å². The zero-order valence-corrected chi connectivity index (χ0v) is 15.6. The third-order valence-corrected chi connectivity index (χ3v) is 4.52. The van der Waals surface area contributed by atoms with Crippen LogP contribution in [-0.4, -0.2) is 40.4 Å². The average molecular weight is 378 g/mol. The van der Waals surface area contributed by atoms with Crippen LogP contribution in [0.2, 0.25) is 0 Å². The first-order valence-corrected chi connectivity index (χ1v) is 8.09. The Balaban J connectivity index is 0.00000196. The van der Waals surface area contributed by atoms with Crippen molar-refractivity contribution in [2.24, 2.45) is 0 Å². The van der Waals surface area contributed by atoms with Crippen LogP contribution < -0.4 is 41.1 Å². The summed E-state index contributed by atoms with van der Waals surface area (Å²) in [4.78, 5) is 3.49. The first kappa shape index (κ1) is 18.2. The number of halogens is 1. The summed E-state index contributed by atoms with van der Waals surface area (Å²) in [5, 5.41) is 0. The van der Waals surface area contributed by atoms with Gasteiger partial charge in [-0.15, -0.1) is 0 Å². The molecular formula is C19H20ClNO5. The topological polar surface area (TPSA) is 60.1 Å². The number of hydrogen-bond donors (Lipinski definition) is 1. The molecule has 0 unspecified atom stereocenters. The lowest BCUT2D eigenvalue weighted by Crippen LogP contribution is -3.00. The van der Waals surface area contributed by atoms with E-state index >= 15 is 0 Å². The van der Waals surface area contributed by atoms with Gasteiger partial charge in [0.1, 0.15) is 6.54 Å². The van der Waals surface area contributed by atoms with Crippen LogP contribution in [0.25, 0.3) is 0 Å². The summed E-state index contributed by atoms with van der Waals surface area (Å²) in [7, 11) is 4.83. The second-order valence-electron chi connectivity index (χ2n) is 5.83. The molecule has 0 aliphatic carbocycles. The van der Waals surface area contributed by atoms with Gasteiger partial charge in [-0.05, 0) is 29.8 Å². The van der Waals surface area contributed by atoms with E-state index in [4.69, 9.17) is 23.7 Å². The molecule has 0 fully saturated rings. The maximum Gasteiger partial charge on any atom is 0.231 e. The molecule has 4 rings (SSSR count). The van der Waals surface area contributed by atoms with Crippen LogP contribution in [0.15, 0.2) is 24.3 Å². The minimum absolute atomic E-state index is 0. The molecular weight excluding hydrogens is 358 g/mol. The summed E-state index contributed by atoms with van der Waals surface area (Å²) in [6, 6.07) is 7.99. The fraction of sp³-hybridized carbons (Fsp3) is 0.316. The van der Waals surface area contributed by atoms with E-state index in [9.17, 15) is 0 Å². The molecule has 1 N–H and O–H groups in total. The molecule has 0 saturated heterocycles. The first-order valence-electron chi connectivity index (χ1n) is 8.09. The van der Waals surface area contributed by atoms with E-state index in [-0.39, 0.29) is 19.2 Å². The average Bonchev–Trinajstić information content (AvgIpc) is 3.11. The van der Waals surface area contributed by atoms with Crippen molar-refractivity contribution in [2.45, 2.75) is 6.42 Å². The largest absolute Gasteiger partial charge is 1.00 e. The Bertz CT molecular complexity index is 840. The minimum atomic E-state index is 0. The van der Waals surface area contributed by atoms with Crippen LogP contribution in [-0.2, 0) is 6.42 Å². The molecule has 6 nitrogen and oxygen atoms in total. The third-order valence-electron chi connectivity index (χ3n) is 4.52. The number of benzene rings is 2. The monoisotopic (exact) mass is 377 g/mol. The van der Waals surface area contributed by atoms with Crippen LogP contribution in [0.3, 0.4) is 0 Å². The fourth-order valence-electron chi connectivity index (χ4n) is 3.32. The lowest BCUT2D eigenvalue weighted by atomic mass is 9.92. The molecule has 2 aromatic rings. The number of ether oxygens (including phenoxy) is 5. The van der Waals surface area contributed by atoms with E-state index in [0.29, 0.717) is 17.2 Å². The van der Waals surface area contributed by atoms with E-state index in [1.54, 1.807) is 21.3 Å². The summed E-state index contributed by atoms with van der Waals surface area (Å²) >= 11 is 0. The van der Waals surface area contributed by atoms with Crippen LogP contribution in [0.4, 0.5) is 0 Å². The van der Waals surface area contributed by atoms with Crippen molar-refractivity contribution in [3.8, 4) is 28.7 Å². The summed E-state index contributed by atoms with van der Waals surface area (Å²) in [5.41, 5.74) is 4.31. The standard InChI is InChI=1S/C19H19NO5.ClH/c1-21-16-7-12(8-17(22-2)19(16)23-3)18-13-9-15-14(24-10-25-15)6-11(13)4-5-20-18;/h6-9H,4-5,10H2,1-3H3;1H. The van der Waals surface area contributed by atoms with Gasteiger partial charge in [0.05, 0.1) is 32.5 Å². The number of fused-ring (bicyclic) bond motifs is 2. The van der Waals surface area contributed by atoms with Gasteiger partial charge < -0.3 is 36.1 Å². The molecule has 0 amide bonds. The number of hydrogen-bond acceptors (Lipinski definition) is 5. The molecule has 2 aliphatic heterocycles. The molecule has 2 aromatic carbocycles. The second kappa shape index (κ2) is 7.33. The SMILES string of the molecule is COc1cc(C2=[NH+]CCc3cc4c(cc32)OCO4)cc(OC)c1OC.[Cl-]. The first-order chi connectivity index (χ1) is 12.2. The Morgan fingerprint density at radius 1 is 0.885 bits per heavy atom. The highest BCUT2D eigenvalue weighted by Gasteiger charge is 2.28. The fourth-order valence-corrected chi connectivity index (χ4v) is 3.32. The maximum atomic E-state index is 5.54. The third kappa shape index (κ3) is 2.90. The van der Waals surface area contributed by atoms with Gasteiger partial charge in [-0.3, -0.25) is 0 Å². The predicted molar refractivity (Wildman–Crippen MR) is 91.4 cm³/mol. The maximum absolute atomic E-state index is 5.54. The zero-order chi connectivity index (χ0) is 17.4. The lowest BCUT2D eigenvalue weighted by Gasteiger charge is -2.16. The molecule has 2 aliphatic rings. The Morgan fingerprint density at radius 3 is 2.15 bits per heavy atom.